The molecule has 1 N–H and O–H groups in total. The molecule has 0 amide bonds. The van der Waals surface area contributed by atoms with Gasteiger partial charge in [0.05, 0.1) is 31.7 Å². The van der Waals surface area contributed by atoms with E-state index in [2.05, 4.69) is 11.8 Å². The molecule has 0 bridgehead atoms. The number of ether oxygens (including phenoxy) is 2. The van der Waals surface area contributed by atoms with Gasteiger partial charge in [-0.3, -0.25) is 4.90 Å². The molecule has 0 saturated carbocycles. The third kappa shape index (κ3) is 7.11. The molecule has 3 atom stereocenters. The highest BCUT2D eigenvalue weighted by molar-refractivity contribution is 7.89. The molecule has 10 nitrogen and oxygen atoms in total. The van der Waals surface area contributed by atoms with Crippen LogP contribution >= 0.6 is 0 Å². The summed E-state index contributed by atoms with van der Waals surface area (Å²) in [4.78, 5) is 1.92. The summed E-state index contributed by atoms with van der Waals surface area (Å²) < 4.78 is 68.0. The number of hydrogen-bond acceptors (Lipinski definition) is 8. The van der Waals surface area contributed by atoms with E-state index in [1.165, 1.54) is 41.0 Å². The van der Waals surface area contributed by atoms with Gasteiger partial charge in [-0.15, -0.1) is 0 Å². The smallest absolute Gasteiger partial charge is 0.247 e. The second kappa shape index (κ2) is 12.7. The molecule has 0 spiro atoms. The summed E-state index contributed by atoms with van der Waals surface area (Å²) in [5.74, 6) is 6.12. The summed E-state index contributed by atoms with van der Waals surface area (Å²) in [6, 6.07) is 10.1. The number of benzene rings is 2. The first-order valence-corrected chi connectivity index (χ1v) is 15.4. The Morgan fingerprint density at radius 1 is 1.21 bits per heavy atom. The average Bonchev–Trinajstić information content (AvgIpc) is 2.89. The summed E-state index contributed by atoms with van der Waals surface area (Å²) in [7, 11) is -1.22. The maximum atomic E-state index is 13.6. The number of methoxy groups -OCH3 is 1. The van der Waals surface area contributed by atoms with Gasteiger partial charge in [0, 0.05) is 37.2 Å². The number of likely N-dealkylation sites (N-methyl/N-ethyl adjacent to an activating group) is 1. The highest BCUT2D eigenvalue weighted by Gasteiger charge is 2.39. The molecule has 0 radical (unpaired) electrons. The van der Waals surface area contributed by atoms with Crippen LogP contribution in [-0.2, 0) is 20.0 Å². The van der Waals surface area contributed by atoms with Gasteiger partial charge in [0.1, 0.15) is 22.5 Å². The number of aliphatic hydroxyl groups excluding tert-OH is 1. The minimum absolute atomic E-state index is 0.0333. The van der Waals surface area contributed by atoms with Gasteiger partial charge < -0.3 is 14.6 Å². The van der Waals surface area contributed by atoms with E-state index in [9.17, 15) is 21.9 Å². The normalized spacial score (nSPS) is 20.2. The molecule has 0 saturated heterocycles. The summed E-state index contributed by atoms with van der Waals surface area (Å²) in [5, 5.41) is 9.83. The predicted molar refractivity (Wildman–Crippen MR) is 149 cm³/mol. The van der Waals surface area contributed by atoms with Crippen LogP contribution in [0.4, 0.5) is 0 Å². The van der Waals surface area contributed by atoms with Crippen LogP contribution in [0.2, 0.25) is 0 Å². The van der Waals surface area contributed by atoms with Gasteiger partial charge in [-0.2, -0.15) is 8.61 Å². The van der Waals surface area contributed by atoms with Crippen LogP contribution in [0.1, 0.15) is 19.4 Å². The summed E-state index contributed by atoms with van der Waals surface area (Å²) in [6.07, 6.45) is -0.706. The van der Waals surface area contributed by atoms with Gasteiger partial charge in [-0.25, -0.2) is 16.8 Å². The molecule has 1 aliphatic rings. The predicted octanol–water partition coefficient (Wildman–Crippen LogP) is 1.70. The van der Waals surface area contributed by atoms with Crippen molar-refractivity contribution in [1.82, 2.24) is 13.5 Å². The lowest BCUT2D eigenvalue weighted by atomic mass is 10.0. The van der Waals surface area contributed by atoms with Crippen LogP contribution < -0.4 is 9.47 Å². The van der Waals surface area contributed by atoms with Gasteiger partial charge in [0.2, 0.25) is 20.0 Å². The third-order valence-electron chi connectivity index (χ3n) is 6.48. The summed E-state index contributed by atoms with van der Waals surface area (Å²) >= 11 is 0. The van der Waals surface area contributed by atoms with Crippen molar-refractivity contribution in [3.05, 3.63) is 48.0 Å². The molecule has 0 aliphatic carbocycles. The number of nitrogens with zero attached hydrogens (tertiary/aromatic N) is 3. The van der Waals surface area contributed by atoms with Crippen molar-refractivity contribution < 1.29 is 31.4 Å². The Balaban J connectivity index is 2.04. The van der Waals surface area contributed by atoms with Crippen LogP contribution in [-0.4, -0.2) is 102 Å². The van der Waals surface area contributed by atoms with Crippen LogP contribution in [0.25, 0.3) is 0 Å². The SMILES string of the molecule is COc1cccc(S(=O)(=O)N(C)C[C@H]2Oc3cc(C#CCN(C)C)ccc3S(=O)(=O)N([C@@H](C)CO)C[C@@H]2C)c1. The molecular weight excluding hydrogens is 542 g/mol. The molecule has 1 aliphatic heterocycles. The first-order valence-electron chi connectivity index (χ1n) is 12.5. The van der Waals surface area contributed by atoms with E-state index < -0.39 is 38.1 Å². The molecule has 0 fully saturated rings. The molecule has 3 rings (SSSR count). The molecular formula is C27H37N3O7S2. The summed E-state index contributed by atoms with van der Waals surface area (Å²) in [5.41, 5.74) is 0.567. The first kappa shape index (κ1) is 30.9. The van der Waals surface area contributed by atoms with Gasteiger partial charge in [0.25, 0.3) is 0 Å². The lowest BCUT2D eigenvalue weighted by molar-refractivity contribution is 0.0904. The molecule has 1 heterocycles. The maximum Gasteiger partial charge on any atom is 0.247 e. The zero-order chi connectivity index (χ0) is 29.0. The zero-order valence-corrected chi connectivity index (χ0v) is 24.8. The topological polar surface area (TPSA) is 117 Å². The molecule has 0 aromatic heterocycles. The molecule has 39 heavy (non-hydrogen) atoms. The van der Waals surface area contributed by atoms with Crippen LogP contribution in [0.3, 0.4) is 0 Å². The Morgan fingerprint density at radius 2 is 1.92 bits per heavy atom. The number of fused-ring (bicyclic) bond motifs is 1. The van der Waals surface area contributed by atoms with Crippen molar-refractivity contribution >= 4 is 20.0 Å². The van der Waals surface area contributed by atoms with Gasteiger partial charge in [0.15, 0.2) is 0 Å². The molecule has 2 aromatic carbocycles. The minimum Gasteiger partial charge on any atom is -0.497 e. The van der Waals surface area contributed by atoms with Crippen LogP contribution in [0.5, 0.6) is 11.5 Å². The van der Waals surface area contributed by atoms with Gasteiger partial charge in [-0.1, -0.05) is 24.8 Å². The Morgan fingerprint density at radius 3 is 2.56 bits per heavy atom. The standard InChI is InChI=1S/C27H37N3O7S2/c1-20-17-30(21(2)19-31)39(34,35)27-13-12-22(9-8-14-28(3)4)15-25(27)37-26(20)18-29(5)38(32,33)24-11-7-10-23(16-24)36-6/h7,10-13,15-16,20-21,26,31H,14,17-19H2,1-6H3/t20-,21-,26+/m0/s1. The van der Waals surface area contributed by atoms with Gasteiger partial charge >= 0.3 is 0 Å². The van der Waals surface area contributed by atoms with E-state index in [-0.39, 0.29) is 35.2 Å². The number of aliphatic hydroxyl groups is 1. The van der Waals surface area contributed by atoms with E-state index in [1.54, 1.807) is 38.1 Å². The molecule has 2 aromatic rings. The van der Waals surface area contributed by atoms with Crippen molar-refractivity contribution in [2.45, 2.75) is 35.8 Å². The lowest BCUT2D eigenvalue weighted by Crippen LogP contribution is -2.50. The second-order valence-corrected chi connectivity index (χ2v) is 13.8. The third-order valence-corrected chi connectivity index (χ3v) is 10.3. The Kier molecular flexibility index (Phi) is 10.0. The van der Waals surface area contributed by atoms with E-state index in [0.29, 0.717) is 17.9 Å². The Hall–Kier alpha value is -2.66. The first-order chi connectivity index (χ1) is 18.3. The fourth-order valence-electron chi connectivity index (χ4n) is 4.11. The highest BCUT2D eigenvalue weighted by atomic mass is 32.2. The maximum absolute atomic E-state index is 13.6. The second-order valence-electron chi connectivity index (χ2n) is 9.91. The van der Waals surface area contributed by atoms with E-state index in [0.717, 1.165) is 0 Å². The fourth-order valence-corrected chi connectivity index (χ4v) is 7.16. The largest absolute Gasteiger partial charge is 0.497 e. The quantitative estimate of drug-likeness (QED) is 0.470. The number of hydrogen-bond donors (Lipinski definition) is 1. The van der Waals surface area contributed by atoms with Crippen molar-refractivity contribution in [1.29, 1.82) is 0 Å². The van der Waals surface area contributed by atoms with Gasteiger partial charge in [-0.05, 0) is 51.4 Å². The van der Waals surface area contributed by atoms with E-state index >= 15 is 0 Å². The minimum atomic E-state index is -4.02. The Labute approximate surface area is 232 Å². The number of rotatable bonds is 8. The van der Waals surface area contributed by atoms with Crippen molar-refractivity contribution in [3.63, 3.8) is 0 Å². The number of sulfonamides is 2. The average molecular weight is 580 g/mol. The molecule has 214 valence electrons. The fraction of sp³-hybridized carbons (Fsp3) is 0.481. The van der Waals surface area contributed by atoms with Crippen molar-refractivity contribution in [2.75, 3.05) is 54.5 Å². The van der Waals surface area contributed by atoms with E-state index in [1.807, 2.05) is 19.0 Å². The summed E-state index contributed by atoms with van der Waals surface area (Å²) in [6.45, 7) is 3.57. The Bertz CT molecular complexity index is 1430. The molecule has 0 unspecified atom stereocenters. The van der Waals surface area contributed by atoms with Crippen molar-refractivity contribution in [3.8, 4) is 23.3 Å². The monoisotopic (exact) mass is 579 g/mol. The highest BCUT2D eigenvalue weighted by Crippen LogP contribution is 2.34. The molecule has 12 heteroatoms. The zero-order valence-electron chi connectivity index (χ0n) is 23.2. The van der Waals surface area contributed by atoms with Crippen LogP contribution in [0.15, 0.2) is 52.3 Å². The van der Waals surface area contributed by atoms with E-state index in [4.69, 9.17) is 9.47 Å². The lowest BCUT2D eigenvalue weighted by Gasteiger charge is -2.37. The van der Waals surface area contributed by atoms with Crippen molar-refractivity contribution in [2.24, 2.45) is 5.92 Å². The van der Waals surface area contributed by atoms with Crippen LogP contribution in [0, 0.1) is 17.8 Å².